The molecule has 184 valence electrons. The van der Waals surface area contributed by atoms with Crippen molar-refractivity contribution in [2.75, 3.05) is 13.7 Å². The van der Waals surface area contributed by atoms with Crippen LogP contribution < -0.4 is 10.1 Å². The molecule has 5 heteroatoms. The number of benzene rings is 2. The molecule has 0 spiro atoms. The Bertz CT molecular complexity index is 1150. The van der Waals surface area contributed by atoms with Crippen LogP contribution in [-0.2, 0) is 16.0 Å². The molecule has 0 heterocycles. The van der Waals surface area contributed by atoms with E-state index in [1.165, 1.54) is 30.0 Å². The zero-order valence-electron chi connectivity index (χ0n) is 20.9. The maximum absolute atomic E-state index is 13.0. The molecule has 2 fully saturated rings. The number of hydrogen-bond acceptors (Lipinski definition) is 4. The number of allylic oxidation sites excluding steroid dienone is 1. The van der Waals surface area contributed by atoms with Gasteiger partial charge in [-0.25, -0.2) is 0 Å². The molecule has 5 rings (SSSR count). The fraction of sp³-hybridized carbons (Fsp3) is 0.467. The van der Waals surface area contributed by atoms with Crippen LogP contribution in [0.4, 0.5) is 0 Å². The van der Waals surface area contributed by atoms with Crippen molar-refractivity contribution in [3.8, 4) is 5.75 Å². The van der Waals surface area contributed by atoms with E-state index in [1.54, 1.807) is 7.11 Å². The Balaban J connectivity index is 1.44. The standard InChI is InChI=1S/C30H35NO4/c1-19(32)35-18-28(31-29(33)20-7-5-4-6-8-20)27-14-13-26-25-11-9-21-17-22(34-3)10-12-23(21)24(25)15-16-30(26,27)2/h4-8,10,12,17,24-26H,9,11,13-16,18H2,1-3H3,(H,31,33)/t24-,25-,26+,30+/m1/s1. The van der Waals surface area contributed by atoms with Crippen LogP contribution in [0, 0.1) is 17.3 Å². The van der Waals surface area contributed by atoms with Crippen LogP contribution in [0.1, 0.15) is 73.4 Å². The summed E-state index contributed by atoms with van der Waals surface area (Å²) in [5, 5.41) is 3.14. The molecule has 0 saturated heterocycles. The molecule has 2 saturated carbocycles. The van der Waals surface area contributed by atoms with Crippen molar-refractivity contribution in [1.82, 2.24) is 5.32 Å². The van der Waals surface area contributed by atoms with Crippen molar-refractivity contribution < 1.29 is 19.1 Å². The van der Waals surface area contributed by atoms with Crippen LogP contribution in [0.15, 0.2) is 59.8 Å². The van der Waals surface area contributed by atoms with Gasteiger partial charge in [-0.3, -0.25) is 9.59 Å². The zero-order chi connectivity index (χ0) is 24.6. The van der Waals surface area contributed by atoms with Crippen molar-refractivity contribution in [3.05, 3.63) is 76.5 Å². The lowest BCUT2D eigenvalue weighted by Crippen LogP contribution is -2.41. The van der Waals surface area contributed by atoms with Crippen LogP contribution in [0.3, 0.4) is 0 Å². The Morgan fingerprint density at radius 2 is 1.86 bits per heavy atom. The molecule has 2 aromatic rings. The quantitative estimate of drug-likeness (QED) is 0.558. The second-order valence-electron chi connectivity index (χ2n) is 10.5. The monoisotopic (exact) mass is 473 g/mol. The molecule has 0 unspecified atom stereocenters. The minimum absolute atomic E-state index is 0.00455. The summed E-state index contributed by atoms with van der Waals surface area (Å²) >= 11 is 0. The SMILES string of the molecule is COc1ccc2c(c1)CC[C@@H]1[C@@H]2CC[C@]2(C)C(=C(COC(C)=O)NC(=O)c3ccccc3)CC[C@@H]12. The van der Waals surface area contributed by atoms with E-state index in [2.05, 4.69) is 30.4 Å². The van der Waals surface area contributed by atoms with Gasteiger partial charge in [0.15, 0.2) is 0 Å². The van der Waals surface area contributed by atoms with E-state index in [1.807, 2.05) is 30.3 Å². The first kappa shape index (κ1) is 23.7. The lowest BCUT2D eigenvalue weighted by atomic mass is 9.55. The van der Waals surface area contributed by atoms with Crippen molar-refractivity contribution in [2.24, 2.45) is 17.3 Å². The van der Waals surface area contributed by atoms with Gasteiger partial charge in [0.1, 0.15) is 12.4 Å². The minimum Gasteiger partial charge on any atom is -0.497 e. The van der Waals surface area contributed by atoms with Crippen molar-refractivity contribution in [1.29, 1.82) is 0 Å². The van der Waals surface area contributed by atoms with E-state index in [-0.39, 0.29) is 23.9 Å². The third-order valence-electron chi connectivity index (χ3n) is 8.80. The number of carbonyl (C=O) groups excluding carboxylic acids is 2. The first-order valence-electron chi connectivity index (χ1n) is 12.8. The van der Waals surface area contributed by atoms with Crippen molar-refractivity contribution in [2.45, 2.75) is 58.3 Å². The van der Waals surface area contributed by atoms with Gasteiger partial charge in [0.05, 0.1) is 12.8 Å². The van der Waals surface area contributed by atoms with E-state index < -0.39 is 0 Å². The molecule has 0 radical (unpaired) electrons. The van der Waals surface area contributed by atoms with Crippen LogP contribution in [0.2, 0.25) is 0 Å². The van der Waals surface area contributed by atoms with E-state index in [0.29, 0.717) is 23.3 Å². The molecule has 3 aliphatic carbocycles. The van der Waals surface area contributed by atoms with Gasteiger partial charge in [-0.2, -0.15) is 0 Å². The number of carbonyl (C=O) groups is 2. The molecule has 3 aliphatic rings. The topological polar surface area (TPSA) is 64.6 Å². The molecule has 2 aromatic carbocycles. The van der Waals surface area contributed by atoms with Crippen LogP contribution in [0.5, 0.6) is 5.75 Å². The highest BCUT2D eigenvalue weighted by molar-refractivity contribution is 5.95. The Morgan fingerprint density at radius 1 is 1.06 bits per heavy atom. The first-order valence-corrected chi connectivity index (χ1v) is 12.8. The van der Waals surface area contributed by atoms with Gasteiger partial charge in [0.2, 0.25) is 0 Å². The zero-order valence-corrected chi connectivity index (χ0v) is 20.9. The van der Waals surface area contributed by atoms with Gasteiger partial charge >= 0.3 is 5.97 Å². The normalized spacial score (nSPS) is 28.3. The highest BCUT2D eigenvalue weighted by Crippen LogP contribution is 2.63. The summed E-state index contributed by atoms with van der Waals surface area (Å²) < 4.78 is 10.9. The van der Waals surface area contributed by atoms with Gasteiger partial charge in [0, 0.05) is 12.5 Å². The average Bonchev–Trinajstić information content (AvgIpc) is 3.23. The number of methoxy groups -OCH3 is 1. The molecular formula is C30H35NO4. The number of hydrogen-bond donors (Lipinski definition) is 1. The number of ether oxygens (including phenoxy) is 2. The predicted molar refractivity (Wildman–Crippen MR) is 135 cm³/mol. The van der Waals surface area contributed by atoms with Gasteiger partial charge < -0.3 is 14.8 Å². The van der Waals surface area contributed by atoms with Crippen LogP contribution in [0.25, 0.3) is 0 Å². The fourth-order valence-corrected chi connectivity index (χ4v) is 7.17. The molecule has 0 aliphatic heterocycles. The largest absolute Gasteiger partial charge is 0.497 e. The Kier molecular flexibility index (Phi) is 6.43. The number of amides is 1. The molecule has 1 amide bonds. The molecule has 0 aromatic heterocycles. The molecule has 5 nitrogen and oxygen atoms in total. The summed E-state index contributed by atoms with van der Waals surface area (Å²) in [5.74, 6) is 2.23. The first-order chi connectivity index (χ1) is 16.9. The lowest BCUT2D eigenvalue weighted by Gasteiger charge is -2.50. The molecule has 4 atom stereocenters. The summed E-state index contributed by atoms with van der Waals surface area (Å²) in [5.41, 5.74) is 5.60. The van der Waals surface area contributed by atoms with Gasteiger partial charge in [-0.1, -0.05) is 31.2 Å². The van der Waals surface area contributed by atoms with Gasteiger partial charge in [0.25, 0.3) is 5.91 Å². The second-order valence-corrected chi connectivity index (χ2v) is 10.5. The smallest absolute Gasteiger partial charge is 0.303 e. The second kappa shape index (κ2) is 9.52. The number of aryl methyl sites for hydroxylation is 1. The molecule has 0 bridgehead atoms. The van der Waals surface area contributed by atoms with Crippen LogP contribution in [-0.4, -0.2) is 25.6 Å². The summed E-state index contributed by atoms with van der Waals surface area (Å²) in [7, 11) is 1.73. The number of nitrogens with one attached hydrogen (secondary N) is 1. The summed E-state index contributed by atoms with van der Waals surface area (Å²) in [6, 6.07) is 15.8. The van der Waals surface area contributed by atoms with E-state index in [0.717, 1.165) is 43.6 Å². The van der Waals surface area contributed by atoms with E-state index >= 15 is 0 Å². The van der Waals surface area contributed by atoms with Crippen molar-refractivity contribution >= 4 is 11.9 Å². The lowest BCUT2D eigenvalue weighted by molar-refractivity contribution is -0.140. The average molecular weight is 474 g/mol. The summed E-state index contributed by atoms with van der Waals surface area (Å²) in [6.07, 6.45) is 6.53. The highest BCUT2D eigenvalue weighted by Gasteiger charge is 2.53. The maximum Gasteiger partial charge on any atom is 0.303 e. The predicted octanol–water partition coefficient (Wildman–Crippen LogP) is 5.80. The molecule has 1 N–H and O–H groups in total. The summed E-state index contributed by atoms with van der Waals surface area (Å²) in [4.78, 5) is 24.7. The van der Waals surface area contributed by atoms with E-state index in [9.17, 15) is 9.59 Å². The van der Waals surface area contributed by atoms with Crippen LogP contribution >= 0.6 is 0 Å². The summed E-state index contributed by atoms with van der Waals surface area (Å²) in [6.45, 7) is 3.91. The number of rotatable bonds is 5. The van der Waals surface area contributed by atoms with E-state index in [4.69, 9.17) is 9.47 Å². The van der Waals surface area contributed by atoms with Gasteiger partial charge in [-0.15, -0.1) is 0 Å². The minimum atomic E-state index is -0.334. The third-order valence-corrected chi connectivity index (χ3v) is 8.80. The maximum atomic E-state index is 13.0. The molecular weight excluding hydrogens is 438 g/mol. The number of fused-ring (bicyclic) bond motifs is 5. The Labute approximate surface area is 207 Å². The third kappa shape index (κ3) is 4.37. The highest BCUT2D eigenvalue weighted by atomic mass is 16.5. The number of esters is 1. The fourth-order valence-electron chi connectivity index (χ4n) is 7.17. The Hall–Kier alpha value is -3.08. The van der Waals surface area contributed by atoms with Gasteiger partial charge in [-0.05, 0) is 103 Å². The van der Waals surface area contributed by atoms with Crippen molar-refractivity contribution in [3.63, 3.8) is 0 Å². The Morgan fingerprint density at radius 3 is 2.60 bits per heavy atom. The molecule has 35 heavy (non-hydrogen) atoms.